The highest BCUT2D eigenvalue weighted by Gasteiger charge is 2.47. The first-order valence-corrected chi connectivity index (χ1v) is 6.78. The average Bonchev–Trinajstić information content (AvgIpc) is 2.33. The van der Waals surface area contributed by atoms with E-state index in [-0.39, 0.29) is 5.41 Å². The number of ether oxygens (including phenoxy) is 1. The highest BCUT2D eigenvalue weighted by molar-refractivity contribution is 5.42. The van der Waals surface area contributed by atoms with E-state index in [4.69, 9.17) is 4.74 Å². The van der Waals surface area contributed by atoms with Crippen molar-refractivity contribution in [3.63, 3.8) is 0 Å². The summed E-state index contributed by atoms with van der Waals surface area (Å²) in [5, 5.41) is 11.2. The first-order chi connectivity index (χ1) is 8.40. The number of aryl methyl sites for hydroxylation is 1. The minimum atomic E-state index is -0.775. The van der Waals surface area contributed by atoms with Crippen LogP contribution in [0.25, 0.3) is 0 Å². The molecule has 0 spiro atoms. The lowest BCUT2D eigenvalue weighted by atomic mass is 9.62. The fraction of sp³-hybridized carbons (Fsp3) is 0.625. The van der Waals surface area contributed by atoms with Crippen molar-refractivity contribution >= 4 is 0 Å². The highest BCUT2D eigenvalue weighted by atomic mass is 16.5. The van der Waals surface area contributed by atoms with Crippen LogP contribution >= 0.6 is 0 Å². The largest absolute Gasteiger partial charge is 0.496 e. The number of benzene rings is 1. The summed E-state index contributed by atoms with van der Waals surface area (Å²) >= 11 is 0. The molecule has 0 radical (unpaired) electrons. The summed E-state index contributed by atoms with van der Waals surface area (Å²) in [6.07, 6.45) is 4.15. The Hall–Kier alpha value is -1.02. The van der Waals surface area contributed by atoms with E-state index < -0.39 is 5.60 Å². The van der Waals surface area contributed by atoms with Crippen LogP contribution in [0.3, 0.4) is 0 Å². The summed E-state index contributed by atoms with van der Waals surface area (Å²) in [4.78, 5) is 0. The minimum Gasteiger partial charge on any atom is -0.496 e. The molecule has 1 aliphatic rings. The molecule has 1 fully saturated rings. The van der Waals surface area contributed by atoms with E-state index in [2.05, 4.69) is 26.8 Å². The molecule has 0 heterocycles. The second kappa shape index (κ2) is 4.58. The Morgan fingerprint density at radius 2 is 1.83 bits per heavy atom. The molecule has 1 unspecified atom stereocenters. The van der Waals surface area contributed by atoms with Gasteiger partial charge in [0.15, 0.2) is 0 Å². The lowest BCUT2D eigenvalue weighted by molar-refractivity contribution is -0.105. The van der Waals surface area contributed by atoms with Gasteiger partial charge in [0.25, 0.3) is 0 Å². The van der Waals surface area contributed by atoms with Gasteiger partial charge in [-0.15, -0.1) is 0 Å². The van der Waals surface area contributed by atoms with Crippen molar-refractivity contribution < 1.29 is 9.84 Å². The molecule has 100 valence electrons. The molecule has 1 aliphatic carbocycles. The Labute approximate surface area is 110 Å². The molecule has 18 heavy (non-hydrogen) atoms. The molecule has 0 aromatic heterocycles. The zero-order chi connectivity index (χ0) is 13.4. The lowest BCUT2D eigenvalue weighted by Crippen LogP contribution is -2.44. The molecule has 1 aromatic carbocycles. The molecule has 0 aliphatic heterocycles. The predicted octanol–water partition coefficient (Wildman–Crippen LogP) is 3.79. The Morgan fingerprint density at radius 1 is 1.17 bits per heavy atom. The third-order valence-electron chi connectivity index (χ3n) is 4.51. The van der Waals surface area contributed by atoms with Gasteiger partial charge in [0.2, 0.25) is 0 Å². The van der Waals surface area contributed by atoms with Crippen LogP contribution in [0.4, 0.5) is 0 Å². The summed E-state index contributed by atoms with van der Waals surface area (Å²) in [6.45, 7) is 6.38. The molecule has 0 bridgehead atoms. The molecule has 0 saturated heterocycles. The predicted molar refractivity (Wildman–Crippen MR) is 73.9 cm³/mol. The Kier molecular flexibility index (Phi) is 3.41. The molecule has 1 aromatic rings. The number of methoxy groups -OCH3 is 1. The quantitative estimate of drug-likeness (QED) is 0.862. The fourth-order valence-corrected chi connectivity index (χ4v) is 3.14. The van der Waals surface area contributed by atoms with E-state index in [1.165, 1.54) is 12.0 Å². The molecule has 0 amide bonds. The summed E-state index contributed by atoms with van der Waals surface area (Å²) in [5.74, 6) is 0.804. The maximum absolute atomic E-state index is 11.2. The number of rotatable bonds is 2. The van der Waals surface area contributed by atoms with Crippen LogP contribution in [0, 0.1) is 12.3 Å². The van der Waals surface area contributed by atoms with Crippen LogP contribution in [0.2, 0.25) is 0 Å². The van der Waals surface area contributed by atoms with Gasteiger partial charge in [0, 0.05) is 5.56 Å². The number of hydrogen-bond donors (Lipinski definition) is 1. The van der Waals surface area contributed by atoms with E-state index in [1.807, 2.05) is 12.1 Å². The van der Waals surface area contributed by atoms with Crippen LogP contribution < -0.4 is 4.74 Å². The molecule has 1 N–H and O–H groups in total. The van der Waals surface area contributed by atoms with Gasteiger partial charge in [-0.2, -0.15) is 0 Å². The van der Waals surface area contributed by atoms with Gasteiger partial charge in [0.1, 0.15) is 5.75 Å². The minimum absolute atomic E-state index is 0.105. The Morgan fingerprint density at radius 3 is 2.44 bits per heavy atom. The van der Waals surface area contributed by atoms with Gasteiger partial charge in [-0.05, 0) is 37.3 Å². The summed E-state index contributed by atoms with van der Waals surface area (Å²) < 4.78 is 5.45. The van der Waals surface area contributed by atoms with E-state index in [0.717, 1.165) is 30.6 Å². The van der Waals surface area contributed by atoms with Gasteiger partial charge in [-0.3, -0.25) is 0 Å². The van der Waals surface area contributed by atoms with Crippen LogP contribution in [0.15, 0.2) is 18.2 Å². The van der Waals surface area contributed by atoms with Crippen molar-refractivity contribution in [2.24, 2.45) is 5.41 Å². The SMILES string of the molecule is COc1ccc(C)cc1C1(O)CCCCC1(C)C. The first kappa shape index (κ1) is 13.4. The van der Waals surface area contributed by atoms with Gasteiger partial charge in [-0.1, -0.05) is 38.3 Å². The van der Waals surface area contributed by atoms with E-state index >= 15 is 0 Å². The normalized spacial score (nSPS) is 26.9. The molecule has 1 atom stereocenters. The summed E-state index contributed by atoms with van der Waals surface area (Å²) in [6, 6.07) is 6.07. The van der Waals surface area contributed by atoms with Crippen molar-refractivity contribution in [2.45, 2.75) is 52.1 Å². The van der Waals surface area contributed by atoms with Crippen LogP contribution in [-0.4, -0.2) is 12.2 Å². The highest BCUT2D eigenvalue weighted by Crippen LogP contribution is 2.52. The molecule has 2 nitrogen and oxygen atoms in total. The zero-order valence-electron chi connectivity index (χ0n) is 11.9. The third-order valence-corrected chi connectivity index (χ3v) is 4.51. The molecular weight excluding hydrogens is 224 g/mol. The van der Waals surface area contributed by atoms with Crippen LogP contribution in [0.5, 0.6) is 5.75 Å². The topological polar surface area (TPSA) is 29.5 Å². The Balaban J connectivity index is 2.54. The summed E-state index contributed by atoms with van der Waals surface area (Å²) in [5.41, 5.74) is 1.24. The number of hydrogen-bond acceptors (Lipinski definition) is 2. The third kappa shape index (κ3) is 2.03. The van der Waals surface area contributed by atoms with E-state index in [0.29, 0.717) is 0 Å². The molecular formula is C16H24O2. The van der Waals surface area contributed by atoms with Crippen molar-refractivity contribution in [1.29, 1.82) is 0 Å². The second-order valence-corrected chi connectivity index (χ2v) is 6.16. The van der Waals surface area contributed by atoms with Crippen LogP contribution in [0.1, 0.15) is 50.7 Å². The van der Waals surface area contributed by atoms with Gasteiger partial charge in [0.05, 0.1) is 12.7 Å². The van der Waals surface area contributed by atoms with Crippen LogP contribution in [-0.2, 0) is 5.60 Å². The maximum atomic E-state index is 11.2. The van der Waals surface area contributed by atoms with Crippen molar-refractivity contribution in [3.8, 4) is 5.75 Å². The average molecular weight is 248 g/mol. The van der Waals surface area contributed by atoms with E-state index in [9.17, 15) is 5.11 Å². The maximum Gasteiger partial charge on any atom is 0.124 e. The lowest BCUT2D eigenvalue weighted by Gasteiger charge is -2.47. The van der Waals surface area contributed by atoms with Gasteiger partial charge in [-0.25, -0.2) is 0 Å². The second-order valence-electron chi connectivity index (χ2n) is 6.16. The zero-order valence-corrected chi connectivity index (χ0v) is 11.9. The standard InChI is InChI=1S/C16H24O2/c1-12-7-8-14(18-4)13(11-12)16(17)10-6-5-9-15(16,2)3/h7-8,11,17H,5-6,9-10H2,1-4H3. The first-order valence-electron chi connectivity index (χ1n) is 6.78. The molecule has 1 saturated carbocycles. The van der Waals surface area contributed by atoms with Crippen molar-refractivity contribution in [1.82, 2.24) is 0 Å². The molecule has 2 heteroatoms. The fourth-order valence-electron chi connectivity index (χ4n) is 3.14. The van der Waals surface area contributed by atoms with Gasteiger partial charge < -0.3 is 9.84 Å². The smallest absolute Gasteiger partial charge is 0.124 e. The molecule has 2 rings (SSSR count). The van der Waals surface area contributed by atoms with Gasteiger partial charge >= 0.3 is 0 Å². The summed E-state index contributed by atoms with van der Waals surface area (Å²) in [7, 11) is 1.67. The monoisotopic (exact) mass is 248 g/mol. The van der Waals surface area contributed by atoms with Crippen molar-refractivity contribution in [2.75, 3.05) is 7.11 Å². The van der Waals surface area contributed by atoms with Crippen molar-refractivity contribution in [3.05, 3.63) is 29.3 Å². The number of aliphatic hydroxyl groups is 1. The van der Waals surface area contributed by atoms with E-state index in [1.54, 1.807) is 7.11 Å². The Bertz CT molecular complexity index is 437.